The normalized spacial score (nSPS) is 19.4. The van der Waals surface area contributed by atoms with Gasteiger partial charge < -0.3 is 14.2 Å². The van der Waals surface area contributed by atoms with Crippen molar-refractivity contribution in [1.29, 1.82) is 0 Å². The first-order valence-electron chi connectivity index (χ1n) is 4.30. The standard InChI is InChI=1S/C8H12ClN3O/c1-11-2-4-12(5-3-11)8-10-6-7(9)13-8/h6H,2-5H2,1H3. The van der Waals surface area contributed by atoms with Crippen LogP contribution in [0.15, 0.2) is 10.6 Å². The predicted octanol–water partition coefficient (Wildman–Crippen LogP) is 1.08. The van der Waals surface area contributed by atoms with Crippen LogP contribution in [0.25, 0.3) is 0 Å². The Kier molecular flexibility index (Phi) is 2.42. The van der Waals surface area contributed by atoms with Gasteiger partial charge in [0.1, 0.15) is 0 Å². The number of hydrogen-bond donors (Lipinski definition) is 0. The van der Waals surface area contributed by atoms with Gasteiger partial charge in [-0.2, -0.15) is 0 Å². The van der Waals surface area contributed by atoms with Crippen molar-refractivity contribution in [1.82, 2.24) is 9.88 Å². The van der Waals surface area contributed by atoms with E-state index < -0.39 is 0 Å². The van der Waals surface area contributed by atoms with Gasteiger partial charge in [-0.25, -0.2) is 4.98 Å². The minimum absolute atomic E-state index is 0.355. The summed E-state index contributed by atoms with van der Waals surface area (Å²) in [6, 6.07) is 0.637. The topological polar surface area (TPSA) is 32.5 Å². The molecule has 0 radical (unpaired) electrons. The van der Waals surface area contributed by atoms with Crippen molar-refractivity contribution in [2.45, 2.75) is 0 Å². The van der Waals surface area contributed by atoms with E-state index in [2.05, 4.69) is 21.8 Å². The third-order valence-electron chi connectivity index (χ3n) is 2.24. The molecule has 0 atom stereocenters. The largest absolute Gasteiger partial charge is 0.412 e. The number of piperazine rings is 1. The molecule has 0 N–H and O–H groups in total. The second-order valence-electron chi connectivity index (χ2n) is 3.24. The number of likely N-dealkylation sites (N-methyl/N-ethyl adjacent to an activating group) is 1. The number of aromatic nitrogens is 1. The molecule has 1 aliphatic rings. The van der Waals surface area contributed by atoms with E-state index in [0.29, 0.717) is 11.2 Å². The maximum absolute atomic E-state index is 5.64. The van der Waals surface area contributed by atoms with Crippen molar-refractivity contribution >= 4 is 17.6 Å². The lowest BCUT2D eigenvalue weighted by Gasteiger charge is -2.31. The molecule has 1 aromatic heterocycles. The van der Waals surface area contributed by atoms with Crippen molar-refractivity contribution in [3.05, 3.63) is 11.4 Å². The lowest BCUT2D eigenvalue weighted by molar-refractivity contribution is 0.305. The molecule has 0 unspecified atom stereocenters. The molecule has 1 aliphatic heterocycles. The van der Waals surface area contributed by atoms with Crippen LogP contribution in [-0.4, -0.2) is 43.1 Å². The van der Waals surface area contributed by atoms with E-state index >= 15 is 0 Å². The quantitative estimate of drug-likeness (QED) is 0.681. The fourth-order valence-electron chi connectivity index (χ4n) is 1.39. The van der Waals surface area contributed by atoms with E-state index in [4.69, 9.17) is 16.0 Å². The van der Waals surface area contributed by atoms with Gasteiger partial charge in [-0.3, -0.25) is 0 Å². The first kappa shape index (κ1) is 8.84. The van der Waals surface area contributed by atoms with Crippen LogP contribution >= 0.6 is 11.6 Å². The van der Waals surface area contributed by atoms with E-state index in [9.17, 15) is 0 Å². The fraction of sp³-hybridized carbons (Fsp3) is 0.625. The third-order valence-corrected chi connectivity index (χ3v) is 2.41. The summed E-state index contributed by atoms with van der Waals surface area (Å²) < 4.78 is 5.22. The summed E-state index contributed by atoms with van der Waals surface area (Å²) in [6.45, 7) is 3.99. The number of oxazole rings is 1. The molecule has 0 aromatic carbocycles. The van der Waals surface area contributed by atoms with Gasteiger partial charge in [0.15, 0.2) is 0 Å². The van der Waals surface area contributed by atoms with Crippen molar-refractivity contribution in [3.8, 4) is 0 Å². The van der Waals surface area contributed by atoms with Gasteiger partial charge in [-0.1, -0.05) is 0 Å². The Morgan fingerprint density at radius 1 is 1.38 bits per heavy atom. The summed E-state index contributed by atoms with van der Waals surface area (Å²) in [5.74, 6) is 0. The molecule has 0 bridgehead atoms. The molecule has 1 saturated heterocycles. The minimum atomic E-state index is 0.355. The monoisotopic (exact) mass is 201 g/mol. The maximum atomic E-state index is 5.64. The van der Waals surface area contributed by atoms with Crippen LogP contribution < -0.4 is 4.90 Å². The second-order valence-corrected chi connectivity index (χ2v) is 3.61. The van der Waals surface area contributed by atoms with Crippen LogP contribution in [0.2, 0.25) is 5.22 Å². The molecular weight excluding hydrogens is 190 g/mol. The summed E-state index contributed by atoms with van der Waals surface area (Å²) in [4.78, 5) is 8.46. The van der Waals surface area contributed by atoms with E-state index in [-0.39, 0.29) is 0 Å². The predicted molar refractivity (Wildman–Crippen MR) is 51.2 cm³/mol. The Morgan fingerprint density at radius 3 is 2.62 bits per heavy atom. The molecule has 4 nitrogen and oxygen atoms in total. The van der Waals surface area contributed by atoms with E-state index in [1.54, 1.807) is 0 Å². The Morgan fingerprint density at radius 2 is 2.08 bits per heavy atom. The van der Waals surface area contributed by atoms with Gasteiger partial charge in [0.25, 0.3) is 6.01 Å². The van der Waals surface area contributed by atoms with Gasteiger partial charge in [0.2, 0.25) is 5.22 Å². The van der Waals surface area contributed by atoms with E-state index in [1.807, 2.05) is 0 Å². The van der Waals surface area contributed by atoms with Gasteiger partial charge in [-0.15, -0.1) is 0 Å². The maximum Gasteiger partial charge on any atom is 0.298 e. The molecular formula is C8H12ClN3O. The number of anilines is 1. The summed E-state index contributed by atoms with van der Waals surface area (Å²) in [6.07, 6.45) is 1.54. The number of halogens is 1. The minimum Gasteiger partial charge on any atom is -0.412 e. The molecule has 13 heavy (non-hydrogen) atoms. The van der Waals surface area contributed by atoms with Gasteiger partial charge in [-0.05, 0) is 18.6 Å². The molecule has 1 aromatic rings. The first-order valence-corrected chi connectivity index (χ1v) is 4.68. The lowest BCUT2D eigenvalue weighted by atomic mass is 10.3. The zero-order chi connectivity index (χ0) is 9.26. The number of hydrogen-bond acceptors (Lipinski definition) is 4. The van der Waals surface area contributed by atoms with Gasteiger partial charge >= 0.3 is 0 Å². The molecule has 2 heterocycles. The van der Waals surface area contributed by atoms with Crippen LogP contribution in [-0.2, 0) is 0 Å². The molecule has 0 saturated carbocycles. The highest BCUT2D eigenvalue weighted by Crippen LogP contribution is 2.18. The summed E-state index contributed by atoms with van der Waals surface area (Å²) >= 11 is 5.64. The highest BCUT2D eigenvalue weighted by Gasteiger charge is 2.17. The van der Waals surface area contributed by atoms with Crippen LogP contribution in [0, 0.1) is 0 Å². The SMILES string of the molecule is CN1CCN(c2ncc(Cl)o2)CC1. The zero-order valence-electron chi connectivity index (χ0n) is 7.53. The van der Waals surface area contributed by atoms with Crippen molar-refractivity contribution in [2.75, 3.05) is 38.1 Å². The first-order chi connectivity index (χ1) is 6.25. The number of nitrogens with zero attached hydrogens (tertiary/aromatic N) is 3. The van der Waals surface area contributed by atoms with Crippen LogP contribution in [0.3, 0.4) is 0 Å². The highest BCUT2D eigenvalue weighted by atomic mass is 35.5. The van der Waals surface area contributed by atoms with Crippen LogP contribution in [0.4, 0.5) is 6.01 Å². The molecule has 1 fully saturated rings. The fourth-order valence-corrected chi connectivity index (χ4v) is 1.51. The Balaban J connectivity index is 2.02. The smallest absolute Gasteiger partial charge is 0.298 e. The average molecular weight is 202 g/mol. The summed E-state index contributed by atoms with van der Waals surface area (Å²) in [7, 11) is 2.11. The number of rotatable bonds is 1. The average Bonchev–Trinajstić information content (AvgIpc) is 2.53. The third kappa shape index (κ3) is 1.95. The molecule has 0 aliphatic carbocycles. The van der Waals surface area contributed by atoms with Crippen LogP contribution in [0.5, 0.6) is 0 Å². The van der Waals surface area contributed by atoms with Crippen LogP contribution in [0.1, 0.15) is 0 Å². The summed E-state index contributed by atoms with van der Waals surface area (Å²) in [5, 5.41) is 0.355. The Bertz CT molecular complexity index is 281. The van der Waals surface area contributed by atoms with Gasteiger partial charge in [0.05, 0.1) is 6.20 Å². The summed E-state index contributed by atoms with van der Waals surface area (Å²) in [5.41, 5.74) is 0. The van der Waals surface area contributed by atoms with Crippen molar-refractivity contribution < 1.29 is 4.42 Å². The van der Waals surface area contributed by atoms with Crippen molar-refractivity contribution in [3.63, 3.8) is 0 Å². The molecule has 72 valence electrons. The molecule has 0 spiro atoms. The highest BCUT2D eigenvalue weighted by molar-refractivity contribution is 6.28. The van der Waals surface area contributed by atoms with E-state index in [0.717, 1.165) is 26.2 Å². The zero-order valence-corrected chi connectivity index (χ0v) is 8.29. The van der Waals surface area contributed by atoms with E-state index in [1.165, 1.54) is 6.20 Å². The Hall–Kier alpha value is -0.740. The Labute approximate surface area is 82.1 Å². The molecule has 2 rings (SSSR count). The molecule has 5 heteroatoms. The molecule has 0 amide bonds. The lowest BCUT2D eigenvalue weighted by Crippen LogP contribution is -2.44. The second kappa shape index (κ2) is 3.55. The van der Waals surface area contributed by atoms with Gasteiger partial charge in [0, 0.05) is 26.2 Å². The van der Waals surface area contributed by atoms with Crippen molar-refractivity contribution in [2.24, 2.45) is 0 Å².